The van der Waals surface area contributed by atoms with Crippen LogP contribution in [-0.2, 0) is 14.8 Å². The van der Waals surface area contributed by atoms with Gasteiger partial charge in [-0.1, -0.05) is 0 Å². The minimum absolute atomic E-state index is 0.0425. The number of likely N-dealkylation sites (N-methyl/N-ethyl adjacent to an activating group) is 1. The molecule has 0 saturated carbocycles. The fourth-order valence-electron chi connectivity index (χ4n) is 2.41. The van der Waals surface area contributed by atoms with E-state index in [0.717, 1.165) is 17.7 Å². The van der Waals surface area contributed by atoms with E-state index in [9.17, 15) is 18.0 Å². The normalized spacial score (nSPS) is 17.2. The summed E-state index contributed by atoms with van der Waals surface area (Å²) in [5.74, 6) is -1.90. The lowest BCUT2D eigenvalue weighted by molar-refractivity contribution is -0.141. The second-order valence-corrected chi connectivity index (χ2v) is 7.48. The summed E-state index contributed by atoms with van der Waals surface area (Å²) >= 11 is 0. The molecule has 1 amide bonds. The molecule has 1 aromatic rings. The number of hydrogen-bond donors (Lipinski definition) is 1. The minimum Gasteiger partial charge on any atom is -0.480 e. The molecule has 0 spiro atoms. The molecule has 2 rings (SSSR count). The lowest BCUT2D eigenvalue weighted by Gasteiger charge is -2.19. The molecule has 9 heteroatoms. The molecule has 1 saturated heterocycles. The number of hydrogen-bond acceptors (Lipinski definition) is 5. The number of aliphatic carboxylic acids is 1. The molecule has 2 heterocycles. The topological polar surface area (TPSA) is 108 Å². The molecule has 23 heavy (non-hydrogen) atoms. The molecular formula is C14H20N2O6S. The van der Waals surface area contributed by atoms with Crippen LogP contribution in [0, 0.1) is 6.92 Å². The van der Waals surface area contributed by atoms with Crippen LogP contribution in [0.15, 0.2) is 15.4 Å². The van der Waals surface area contributed by atoms with Crippen molar-refractivity contribution in [3.8, 4) is 0 Å². The maximum absolute atomic E-state index is 12.6. The first-order chi connectivity index (χ1) is 10.7. The fourth-order valence-corrected chi connectivity index (χ4v) is 4.09. The van der Waals surface area contributed by atoms with E-state index >= 15 is 0 Å². The number of carbonyl (C=O) groups is 2. The van der Waals surface area contributed by atoms with Crippen molar-refractivity contribution >= 4 is 21.9 Å². The average Bonchev–Trinajstić information content (AvgIpc) is 3.14. The minimum atomic E-state index is -3.69. The zero-order chi connectivity index (χ0) is 17.4. The predicted molar refractivity (Wildman–Crippen MR) is 80.6 cm³/mol. The van der Waals surface area contributed by atoms with Gasteiger partial charge in [0.05, 0.1) is 0 Å². The summed E-state index contributed by atoms with van der Waals surface area (Å²) in [6.07, 6.45) is 1.61. The van der Waals surface area contributed by atoms with E-state index < -0.39 is 27.9 Å². The van der Waals surface area contributed by atoms with Crippen LogP contribution in [0.1, 0.15) is 36.1 Å². The van der Waals surface area contributed by atoms with Crippen LogP contribution in [0.4, 0.5) is 0 Å². The standard InChI is InChI=1S/C14H20N2O6S/c1-9(14(18)19)15(3)13(17)11-8-12(10(2)22-11)23(20,21)16-6-4-5-7-16/h8-9H,4-7H2,1-3H3,(H,18,19). The van der Waals surface area contributed by atoms with Crippen LogP contribution in [0.5, 0.6) is 0 Å². The van der Waals surface area contributed by atoms with Crippen molar-refractivity contribution in [1.82, 2.24) is 9.21 Å². The third kappa shape index (κ3) is 3.25. The van der Waals surface area contributed by atoms with Gasteiger partial charge in [0, 0.05) is 26.2 Å². The van der Waals surface area contributed by atoms with Crippen molar-refractivity contribution in [1.29, 1.82) is 0 Å². The maximum Gasteiger partial charge on any atom is 0.326 e. The van der Waals surface area contributed by atoms with Crippen LogP contribution in [0.2, 0.25) is 0 Å². The van der Waals surface area contributed by atoms with Crippen molar-refractivity contribution in [2.24, 2.45) is 0 Å². The quantitative estimate of drug-likeness (QED) is 0.851. The summed E-state index contributed by atoms with van der Waals surface area (Å²) in [5, 5.41) is 8.95. The van der Waals surface area contributed by atoms with Crippen LogP contribution in [0.25, 0.3) is 0 Å². The molecule has 0 aliphatic carbocycles. The number of carbonyl (C=O) groups excluding carboxylic acids is 1. The fraction of sp³-hybridized carbons (Fsp3) is 0.571. The zero-order valence-corrected chi connectivity index (χ0v) is 14.1. The Morgan fingerprint density at radius 3 is 2.43 bits per heavy atom. The van der Waals surface area contributed by atoms with Gasteiger partial charge in [-0.3, -0.25) is 4.79 Å². The first-order valence-corrected chi connectivity index (χ1v) is 8.71. The van der Waals surface area contributed by atoms with Crippen molar-refractivity contribution in [3.63, 3.8) is 0 Å². The van der Waals surface area contributed by atoms with Crippen molar-refractivity contribution in [2.75, 3.05) is 20.1 Å². The van der Waals surface area contributed by atoms with Gasteiger partial charge in [0.2, 0.25) is 10.0 Å². The number of carboxylic acid groups (broad SMARTS) is 1. The number of nitrogens with zero attached hydrogens (tertiary/aromatic N) is 2. The van der Waals surface area contributed by atoms with Crippen LogP contribution in [-0.4, -0.2) is 60.8 Å². The summed E-state index contributed by atoms with van der Waals surface area (Å²) in [5.41, 5.74) is 0. The van der Waals surface area contributed by atoms with Crippen LogP contribution in [0.3, 0.4) is 0 Å². The van der Waals surface area contributed by atoms with E-state index in [1.807, 2.05) is 0 Å². The Morgan fingerprint density at radius 1 is 1.35 bits per heavy atom. The largest absolute Gasteiger partial charge is 0.480 e. The van der Waals surface area contributed by atoms with Crippen LogP contribution < -0.4 is 0 Å². The van der Waals surface area contributed by atoms with E-state index in [2.05, 4.69) is 0 Å². The molecule has 8 nitrogen and oxygen atoms in total. The molecule has 1 aromatic heterocycles. The highest BCUT2D eigenvalue weighted by Crippen LogP contribution is 2.27. The molecule has 128 valence electrons. The molecule has 1 fully saturated rings. The molecular weight excluding hydrogens is 324 g/mol. The van der Waals surface area contributed by atoms with Gasteiger partial charge in [-0.05, 0) is 26.7 Å². The van der Waals surface area contributed by atoms with Crippen LogP contribution >= 0.6 is 0 Å². The molecule has 1 atom stereocenters. The molecule has 1 aliphatic rings. The summed E-state index contributed by atoms with van der Waals surface area (Å²) in [6.45, 7) is 3.73. The number of sulfonamides is 1. The Morgan fingerprint density at radius 2 is 1.91 bits per heavy atom. The number of furan rings is 1. The highest BCUT2D eigenvalue weighted by Gasteiger charge is 2.33. The van der Waals surface area contributed by atoms with Gasteiger partial charge in [-0.2, -0.15) is 4.31 Å². The van der Waals surface area contributed by atoms with Gasteiger partial charge < -0.3 is 14.4 Å². The average molecular weight is 344 g/mol. The monoisotopic (exact) mass is 344 g/mol. The lowest BCUT2D eigenvalue weighted by Crippen LogP contribution is -2.40. The second-order valence-electron chi connectivity index (χ2n) is 5.57. The van der Waals surface area contributed by atoms with Crippen molar-refractivity contribution in [2.45, 2.75) is 37.6 Å². The maximum atomic E-state index is 12.6. The van der Waals surface area contributed by atoms with Gasteiger partial charge in [0.1, 0.15) is 16.7 Å². The van der Waals surface area contributed by atoms with Gasteiger partial charge in [0.15, 0.2) is 5.76 Å². The molecule has 0 radical (unpaired) electrons. The zero-order valence-electron chi connectivity index (χ0n) is 13.3. The second kappa shape index (κ2) is 6.32. The van der Waals surface area contributed by atoms with Crippen molar-refractivity contribution < 1.29 is 27.5 Å². The Bertz CT molecular complexity index is 718. The first-order valence-electron chi connectivity index (χ1n) is 7.26. The molecule has 1 unspecified atom stereocenters. The van der Waals surface area contributed by atoms with Gasteiger partial charge in [0.25, 0.3) is 5.91 Å². The highest BCUT2D eigenvalue weighted by molar-refractivity contribution is 7.89. The van der Waals surface area contributed by atoms with Gasteiger partial charge >= 0.3 is 5.97 Å². The number of amides is 1. The summed E-state index contributed by atoms with van der Waals surface area (Å²) in [7, 11) is -2.36. The predicted octanol–water partition coefficient (Wildman–Crippen LogP) is 0.918. The molecule has 1 aliphatic heterocycles. The Hall–Kier alpha value is -1.87. The third-order valence-corrected chi connectivity index (χ3v) is 6.03. The van der Waals surface area contributed by atoms with E-state index in [0.29, 0.717) is 13.1 Å². The molecule has 1 N–H and O–H groups in total. The van der Waals surface area contributed by atoms with Gasteiger partial charge in [-0.25, -0.2) is 13.2 Å². The van der Waals surface area contributed by atoms with Gasteiger partial charge in [-0.15, -0.1) is 0 Å². The third-order valence-electron chi connectivity index (χ3n) is 4.02. The number of aryl methyl sites for hydroxylation is 1. The van der Waals surface area contributed by atoms with E-state index in [4.69, 9.17) is 9.52 Å². The van der Waals surface area contributed by atoms with E-state index in [1.54, 1.807) is 0 Å². The summed E-state index contributed by atoms with van der Waals surface area (Å²) in [6, 6.07) is 0.127. The smallest absolute Gasteiger partial charge is 0.326 e. The number of rotatable bonds is 5. The highest BCUT2D eigenvalue weighted by atomic mass is 32.2. The lowest BCUT2D eigenvalue weighted by atomic mass is 10.3. The Kier molecular flexibility index (Phi) is 4.81. The van der Waals surface area contributed by atoms with Crippen molar-refractivity contribution in [3.05, 3.63) is 17.6 Å². The number of carboxylic acids is 1. The molecule has 0 bridgehead atoms. The first kappa shape index (κ1) is 17.5. The summed E-state index contributed by atoms with van der Waals surface area (Å²) in [4.78, 5) is 24.2. The Labute approximate surface area is 134 Å². The Balaban J connectivity index is 2.31. The van der Waals surface area contributed by atoms with E-state index in [1.165, 1.54) is 31.3 Å². The summed E-state index contributed by atoms with van der Waals surface area (Å²) < 4.78 is 31.7. The molecule has 0 aromatic carbocycles. The van der Waals surface area contributed by atoms with E-state index in [-0.39, 0.29) is 16.4 Å². The SMILES string of the molecule is Cc1oc(C(=O)N(C)C(C)C(=O)O)cc1S(=O)(=O)N1CCCC1.